The number of amides is 4. The number of imide groups is 2. The maximum atomic E-state index is 13.8. The first kappa shape index (κ1) is 21.3. The molecule has 6 aromatic rings. The number of carbonyl (C=O) groups excluding carboxylic acids is 4. The summed E-state index contributed by atoms with van der Waals surface area (Å²) in [6.07, 6.45) is 0. The lowest BCUT2D eigenvalue weighted by molar-refractivity contribution is 0.0828. The van der Waals surface area contributed by atoms with Crippen LogP contribution in [0.4, 0.5) is 0 Å². The van der Waals surface area contributed by atoms with Gasteiger partial charge < -0.3 is 0 Å². The summed E-state index contributed by atoms with van der Waals surface area (Å²) in [6, 6.07) is 12.9. The van der Waals surface area contributed by atoms with Crippen LogP contribution in [0.2, 0.25) is 0 Å². The first-order valence-corrected chi connectivity index (χ1v) is 13.1. The Balaban J connectivity index is 1.58. The molecule has 0 aliphatic carbocycles. The molecule has 0 saturated carbocycles. The Morgan fingerprint density at radius 3 is 1.13 bits per heavy atom. The molecule has 0 radical (unpaired) electrons. The van der Waals surface area contributed by atoms with Crippen LogP contribution in [0, 0.1) is 9.06 Å². The second kappa shape index (κ2) is 6.94. The fourth-order valence-electron chi connectivity index (χ4n) is 5.57. The van der Waals surface area contributed by atoms with Gasteiger partial charge in [-0.15, -0.1) is 22.7 Å². The van der Waals surface area contributed by atoms with E-state index in [9.17, 15) is 28.8 Å². The fraction of sp³-hybridized carbons (Fsp3) is 0. The van der Waals surface area contributed by atoms with Gasteiger partial charge in [0.25, 0.3) is 23.6 Å². The smallest absolute Gasteiger partial charge is 0.258 e. The van der Waals surface area contributed by atoms with Gasteiger partial charge in [0.15, 0.2) is 0 Å². The molecule has 0 fully saturated rings. The van der Waals surface area contributed by atoms with Crippen molar-refractivity contribution >= 4 is 88.0 Å². The van der Waals surface area contributed by atoms with Crippen molar-refractivity contribution in [3.8, 4) is 0 Å². The highest BCUT2D eigenvalue weighted by atomic mass is 32.1. The van der Waals surface area contributed by atoms with E-state index in [-0.39, 0.29) is 19.9 Å². The molecule has 2 aliphatic heterocycles. The van der Waals surface area contributed by atoms with E-state index in [1.54, 1.807) is 36.4 Å². The van der Waals surface area contributed by atoms with Crippen molar-refractivity contribution in [2.75, 3.05) is 0 Å². The van der Waals surface area contributed by atoms with E-state index >= 15 is 0 Å². The molecule has 10 heteroatoms. The summed E-state index contributed by atoms with van der Waals surface area (Å²) < 4.78 is 1.82. The van der Waals surface area contributed by atoms with Crippen LogP contribution in [0.3, 0.4) is 0 Å². The average Bonchev–Trinajstić information content (AvgIpc) is 2.91. The molecule has 180 valence electrons. The summed E-state index contributed by atoms with van der Waals surface area (Å²) in [7, 11) is 0. The monoisotopic (exact) mass is 534 g/mol. The van der Waals surface area contributed by atoms with E-state index in [1.165, 1.54) is 12.1 Å². The second-order valence-corrected chi connectivity index (χ2v) is 11.2. The molecule has 2 aliphatic rings. The number of carbonyl (C=O) groups is 4. The molecule has 0 bridgehead atoms. The molecule has 2 N–H and O–H groups in total. The van der Waals surface area contributed by atoms with Gasteiger partial charge in [-0.1, -0.05) is 0 Å². The van der Waals surface area contributed by atoms with Crippen molar-refractivity contribution in [3.05, 3.63) is 100 Å². The summed E-state index contributed by atoms with van der Waals surface area (Å²) in [4.78, 5) is 77.4. The highest BCUT2D eigenvalue weighted by Gasteiger charge is 2.29. The third-order valence-electron chi connectivity index (χ3n) is 7.21. The Labute approximate surface area is 217 Å². The van der Waals surface area contributed by atoms with Crippen molar-refractivity contribution in [2.45, 2.75) is 0 Å². The lowest BCUT2D eigenvalue weighted by Crippen LogP contribution is -2.34. The van der Waals surface area contributed by atoms with Crippen LogP contribution >= 0.6 is 22.7 Å². The molecular weight excluding hydrogens is 524 g/mol. The summed E-state index contributed by atoms with van der Waals surface area (Å²) >= 11 is 2.27. The van der Waals surface area contributed by atoms with Gasteiger partial charge in [-0.2, -0.15) is 0 Å². The van der Waals surface area contributed by atoms with Gasteiger partial charge in [-0.25, -0.2) is 0 Å². The Kier molecular flexibility index (Phi) is 3.89. The molecule has 0 spiro atoms. The molecule has 0 atom stereocenters. The molecule has 2 aromatic heterocycles. The molecule has 4 amide bonds. The normalized spacial score (nSPS) is 15.6. The fourth-order valence-corrected chi connectivity index (χ4v) is 7.93. The summed E-state index contributed by atoms with van der Waals surface area (Å²) in [5, 5.41) is 7.19. The van der Waals surface area contributed by atoms with Crippen LogP contribution in [0.25, 0.3) is 41.7 Å². The summed E-state index contributed by atoms with van der Waals surface area (Å²) in [5.41, 5.74) is 0.536. The highest BCUT2D eigenvalue weighted by molar-refractivity contribution is 7.20. The first-order valence-electron chi connectivity index (χ1n) is 11.4. The molecule has 8 rings (SSSR count). The van der Waals surface area contributed by atoms with E-state index in [4.69, 9.17) is 0 Å². The zero-order chi connectivity index (χ0) is 26.0. The zero-order valence-electron chi connectivity index (χ0n) is 18.9. The predicted octanol–water partition coefficient (Wildman–Crippen LogP) is 3.63. The van der Waals surface area contributed by atoms with Crippen LogP contribution in [0.5, 0.6) is 0 Å². The third-order valence-corrected chi connectivity index (χ3v) is 9.65. The Morgan fingerprint density at radius 2 is 0.763 bits per heavy atom. The average molecular weight is 535 g/mol. The van der Waals surface area contributed by atoms with E-state index in [2.05, 4.69) is 10.6 Å². The Bertz CT molecular complexity index is 2210. The number of nitrogens with one attached hydrogen (secondary N) is 2. The predicted molar refractivity (Wildman–Crippen MR) is 144 cm³/mol. The van der Waals surface area contributed by atoms with Crippen molar-refractivity contribution in [3.63, 3.8) is 0 Å². The molecule has 4 heterocycles. The summed E-state index contributed by atoms with van der Waals surface area (Å²) in [5.74, 6) is -2.08. The number of rotatable bonds is 0. The lowest BCUT2D eigenvalue weighted by Gasteiger charge is -2.18. The topological polar surface area (TPSA) is 126 Å². The maximum absolute atomic E-state index is 13.8. The Hall–Kier alpha value is -4.80. The largest absolute Gasteiger partial charge is 0.288 e. The van der Waals surface area contributed by atoms with E-state index < -0.39 is 23.6 Å². The maximum Gasteiger partial charge on any atom is 0.258 e. The minimum Gasteiger partial charge on any atom is -0.288 e. The van der Waals surface area contributed by atoms with Gasteiger partial charge in [0.05, 0.1) is 9.06 Å². The van der Waals surface area contributed by atoms with Gasteiger partial charge in [0, 0.05) is 64.0 Å². The van der Waals surface area contributed by atoms with Gasteiger partial charge >= 0.3 is 0 Å². The van der Waals surface area contributed by atoms with Gasteiger partial charge in [-0.05, 0) is 48.5 Å². The number of hydrogen-bond donors (Lipinski definition) is 2. The van der Waals surface area contributed by atoms with Gasteiger partial charge in [0.2, 0.25) is 10.9 Å². The van der Waals surface area contributed by atoms with Crippen LogP contribution < -0.4 is 21.5 Å². The SMILES string of the molecule is O=C1NC(=O)c2ccc3c(=O)c(=c4sc5ccc6c7c(ccc(c4=O)c57)C(=O)NC6=O)sc4ccc1c2c43. The van der Waals surface area contributed by atoms with E-state index in [0.717, 1.165) is 22.7 Å². The Morgan fingerprint density at radius 1 is 0.421 bits per heavy atom. The van der Waals surface area contributed by atoms with Crippen molar-refractivity contribution in [2.24, 2.45) is 0 Å². The molecule has 8 nitrogen and oxygen atoms in total. The number of hydrogen-bond acceptors (Lipinski definition) is 8. The highest BCUT2D eigenvalue weighted by Crippen LogP contribution is 2.37. The van der Waals surface area contributed by atoms with Crippen LogP contribution in [0.15, 0.2) is 58.1 Å². The van der Waals surface area contributed by atoms with Crippen molar-refractivity contribution < 1.29 is 19.2 Å². The van der Waals surface area contributed by atoms with Gasteiger partial charge in [0.1, 0.15) is 0 Å². The molecule has 4 aromatic carbocycles. The zero-order valence-corrected chi connectivity index (χ0v) is 20.5. The van der Waals surface area contributed by atoms with E-state index in [1.807, 2.05) is 0 Å². The van der Waals surface area contributed by atoms with Crippen molar-refractivity contribution in [1.29, 1.82) is 0 Å². The van der Waals surface area contributed by atoms with Crippen LogP contribution in [-0.4, -0.2) is 23.6 Å². The minimum atomic E-state index is -0.519. The van der Waals surface area contributed by atoms with Crippen LogP contribution in [0.1, 0.15) is 41.4 Å². The molecule has 0 saturated heterocycles. The van der Waals surface area contributed by atoms with Gasteiger partial charge in [-0.3, -0.25) is 39.4 Å². The van der Waals surface area contributed by atoms with Crippen molar-refractivity contribution in [1.82, 2.24) is 10.6 Å². The summed E-state index contributed by atoms with van der Waals surface area (Å²) in [6.45, 7) is 0. The molecular formula is C28H10N2O6S2. The van der Waals surface area contributed by atoms with E-state index in [0.29, 0.717) is 64.0 Å². The molecule has 38 heavy (non-hydrogen) atoms. The third kappa shape index (κ3) is 2.48. The first-order chi connectivity index (χ1) is 18.3. The lowest BCUT2D eigenvalue weighted by atomic mass is 9.93. The second-order valence-electron chi connectivity index (χ2n) is 9.13. The molecule has 0 unspecified atom stereocenters. The van der Waals surface area contributed by atoms with Crippen LogP contribution in [-0.2, 0) is 0 Å². The standard InChI is InChI=1S/C28H10N2O6S2/c31-21-9-1-3-11-17-13(27(35)29-25(11)33)5-7-15(19(9)17)37-23(21)24-22(32)10-2-4-12-18-14(28(36)30-26(12)34)6-8-16(38-24)20(10)18/h1-8H,(H,29,33,35)(H,30,34,36). The number of benzene rings is 4. The quantitative estimate of drug-likeness (QED) is 0.287. The minimum absolute atomic E-state index is 0.245.